The second kappa shape index (κ2) is 20.6. The Morgan fingerprint density at radius 1 is 0.565 bits per heavy atom. The van der Waals surface area contributed by atoms with Crippen LogP contribution in [0.3, 0.4) is 0 Å². The molecule has 0 aromatic heterocycles. The molecule has 0 bridgehead atoms. The molecule has 3 unspecified atom stereocenters. The van der Waals surface area contributed by atoms with Crippen LogP contribution in [0.25, 0.3) is 0 Å². The fourth-order valence-electron chi connectivity index (χ4n) is 5.01. The SMILES string of the molecule is CN(C[C@H](O)[C@@H](O)[C@H](O)[C@H](O)CO)C(=O)CN1CCN(C(CO)C(=O)O)CCN(C(CO)C(=O)O)CCN(C(CO)C(=O)O)CC1. The molecule has 1 rings (SSSR count). The predicted molar refractivity (Wildman–Crippen MR) is 155 cm³/mol. The van der Waals surface area contributed by atoms with Gasteiger partial charge in [-0.05, 0) is 0 Å². The van der Waals surface area contributed by atoms with E-state index in [9.17, 15) is 70.2 Å². The molecule has 1 amide bonds. The molecule has 0 aliphatic carbocycles. The number of amides is 1. The van der Waals surface area contributed by atoms with E-state index in [0.29, 0.717) is 0 Å². The Morgan fingerprint density at radius 2 is 0.891 bits per heavy atom. The van der Waals surface area contributed by atoms with Crippen molar-refractivity contribution in [2.45, 2.75) is 42.5 Å². The number of hydrogen-bond acceptors (Lipinski definition) is 16. The number of likely N-dealkylation sites (N-methyl/N-ethyl adjacent to an activating group) is 1. The van der Waals surface area contributed by atoms with E-state index in [4.69, 9.17) is 5.11 Å². The van der Waals surface area contributed by atoms with Gasteiger partial charge >= 0.3 is 17.9 Å². The minimum atomic E-state index is -1.91. The van der Waals surface area contributed by atoms with E-state index in [1.807, 2.05) is 0 Å². The summed E-state index contributed by atoms with van der Waals surface area (Å²) in [7, 11) is 1.29. The van der Waals surface area contributed by atoms with Crippen LogP contribution in [0.1, 0.15) is 0 Å². The molecule has 0 saturated carbocycles. The highest BCUT2D eigenvalue weighted by molar-refractivity contribution is 5.78. The summed E-state index contributed by atoms with van der Waals surface area (Å²) in [6.07, 6.45) is -7.28. The molecule has 11 N–H and O–H groups in total. The summed E-state index contributed by atoms with van der Waals surface area (Å²) in [4.78, 5) is 55.5. The summed E-state index contributed by atoms with van der Waals surface area (Å²) in [6.45, 7) is -4.67. The van der Waals surface area contributed by atoms with Crippen LogP contribution in [0.4, 0.5) is 0 Å². The van der Waals surface area contributed by atoms with Crippen LogP contribution < -0.4 is 0 Å². The van der Waals surface area contributed by atoms with Crippen molar-refractivity contribution >= 4 is 23.8 Å². The highest BCUT2D eigenvalue weighted by atomic mass is 16.4. The molecule has 46 heavy (non-hydrogen) atoms. The summed E-state index contributed by atoms with van der Waals surface area (Å²) in [5.74, 6) is -4.70. The van der Waals surface area contributed by atoms with Gasteiger partial charge in [0, 0.05) is 66.0 Å². The van der Waals surface area contributed by atoms with E-state index < -0.39 is 99.3 Å². The average molecular weight is 672 g/mol. The highest BCUT2D eigenvalue weighted by Crippen LogP contribution is 2.11. The van der Waals surface area contributed by atoms with Gasteiger partial charge in [0.25, 0.3) is 0 Å². The number of nitrogens with zero attached hydrogens (tertiary/aromatic N) is 5. The topological polar surface area (TPSA) is 307 Å². The molecular weight excluding hydrogens is 622 g/mol. The van der Waals surface area contributed by atoms with Crippen molar-refractivity contribution in [3.8, 4) is 0 Å². The molecule has 20 heteroatoms. The Hall–Kier alpha value is -2.60. The van der Waals surface area contributed by atoms with Gasteiger partial charge in [0.2, 0.25) is 5.91 Å². The van der Waals surface area contributed by atoms with Crippen molar-refractivity contribution in [3.63, 3.8) is 0 Å². The highest BCUT2D eigenvalue weighted by Gasteiger charge is 2.34. The number of carbonyl (C=O) groups is 4. The van der Waals surface area contributed by atoms with Crippen molar-refractivity contribution < 1.29 is 75.3 Å². The molecule has 0 aromatic carbocycles. The third-order valence-corrected chi connectivity index (χ3v) is 8.02. The van der Waals surface area contributed by atoms with Crippen LogP contribution in [0.2, 0.25) is 0 Å². The van der Waals surface area contributed by atoms with Crippen molar-refractivity contribution in [1.82, 2.24) is 24.5 Å². The van der Waals surface area contributed by atoms with Crippen molar-refractivity contribution in [3.05, 3.63) is 0 Å². The van der Waals surface area contributed by atoms with Crippen LogP contribution >= 0.6 is 0 Å². The fraction of sp³-hybridized carbons (Fsp3) is 0.846. The summed E-state index contributed by atoms with van der Waals surface area (Å²) >= 11 is 0. The van der Waals surface area contributed by atoms with Gasteiger partial charge in [0.05, 0.1) is 33.0 Å². The van der Waals surface area contributed by atoms with E-state index in [1.165, 1.54) is 21.7 Å². The zero-order chi connectivity index (χ0) is 35.1. The summed E-state index contributed by atoms with van der Waals surface area (Å²) in [6, 6.07) is -4.21. The standard InChI is InChI=1S/C26H49N5O15/c1-27(10-19(36)22(39)23(40)20(37)15-35)21(38)11-28-2-4-29(16(12-32)24(41)42)6-8-31(18(14-34)26(45)46)9-7-30(5-3-28)17(13-33)25(43)44/h16-20,22-23,32-37,39-40H,2-15H2,1H3,(H,41,42)(H,43,44)(H,45,46)/t16?,17?,18?,19-,20+,22+,23+/m0/s1. The molecule has 0 aromatic rings. The third-order valence-electron chi connectivity index (χ3n) is 8.02. The van der Waals surface area contributed by atoms with E-state index in [0.717, 1.165) is 4.90 Å². The number of rotatable bonds is 17. The smallest absolute Gasteiger partial charge is 0.323 e. The van der Waals surface area contributed by atoms with Crippen molar-refractivity contribution in [2.24, 2.45) is 0 Å². The molecular formula is C26H49N5O15. The maximum absolute atomic E-state index is 13.1. The first kappa shape index (κ1) is 41.4. The summed E-state index contributed by atoms with van der Waals surface area (Å²) in [5, 5.41) is 107. The minimum Gasteiger partial charge on any atom is -0.480 e. The number of carboxylic acid groups (broad SMARTS) is 3. The molecule has 7 atom stereocenters. The first-order chi connectivity index (χ1) is 21.6. The van der Waals surface area contributed by atoms with Crippen LogP contribution in [0.15, 0.2) is 0 Å². The first-order valence-corrected chi connectivity index (χ1v) is 14.7. The lowest BCUT2D eigenvalue weighted by Gasteiger charge is -2.38. The van der Waals surface area contributed by atoms with E-state index in [-0.39, 0.29) is 58.9 Å². The average Bonchev–Trinajstić information content (AvgIpc) is 3.00. The molecule has 0 spiro atoms. The third kappa shape index (κ3) is 12.5. The Bertz CT molecular complexity index is 927. The molecule has 1 fully saturated rings. The number of carbonyl (C=O) groups excluding carboxylic acids is 1. The number of carboxylic acids is 3. The first-order valence-electron chi connectivity index (χ1n) is 14.7. The van der Waals surface area contributed by atoms with Gasteiger partial charge in [-0.2, -0.15) is 0 Å². The molecule has 1 saturated heterocycles. The lowest BCUT2D eigenvalue weighted by atomic mass is 10.0. The predicted octanol–water partition coefficient (Wildman–Crippen LogP) is -7.56. The van der Waals surface area contributed by atoms with Gasteiger partial charge in [0.15, 0.2) is 0 Å². The zero-order valence-corrected chi connectivity index (χ0v) is 25.7. The van der Waals surface area contributed by atoms with Gasteiger partial charge in [-0.3, -0.25) is 38.8 Å². The molecule has 20 nitrogen and oxygen atoms in total. The van der Waals surface area contributed by atoms with E-state index in [2.05, 4.69) is 0 Å². The van der Waals surface area contributed by atoms with Crippen LogP contribution in [0.5, 0.6) is 0 Å². The largest absolute Gasteiger partial charge is 0.480 e. The number of aliphatic hydroxyl groups excluding tert-OH is 8. The molecule has 1 aliphatic rings. The maximum atomic E-state index is 13.1. The van der Waals surface area contributed by atoms with Crippen LogP contribution in [-0.2, 0) is 19.2 Å². The Labute approximate surface area is 265 Å². The van der Waals surface area contributed by atoms with E-state index >= 15 is 0 Å². The van der Waals surface area contributed by atoms with Gasteiger partial charge < -0.3 is 61.1 Å². The van der Waals surface area contributed by atoms with Crippen molar-refractivity contribution in [2.75, 3.05) is 98.9 Å². The van der Waals surface area contributed by atoms with Gasteiger partial charge in [-0.25, -0.2) is 0 Å². The van der Waals surface area contributed by atoms with E-state index in [1.54, 1.807) is 4.90 Å². The fourth-order valence-corrected chi connectivity index (χ4v) is 5.01. The molecule has 0 radical (unpaired) electrons. The lowest BCUT2D eigenvalue weighted by Crippen LogP contribution is -2.57. The maximum Gasteiger partial charge on any atom is 0.323 e. The van der Waals surface area contributed by atoms with Gasteiger partial charge in [-0.15, -0.1) is 0 Å². The second-order valence-electron chi connectivity index (χ2n) is 11.1. The quantitative estimate of drug-likeness (QED) is 0.0684. The Balaban J connectivity index is 3.30. The monoisotopic (exact) mass is 671 g/mol. The number of aliphatic carboxylic acids is 3. The zero-order valence-electron chi connectivity index (χ0n) is 25.7. The molecule has 1 aliphatic heterocycles. The second-order valence-corrected chi connectivity index (χ2v) is 11.1. The molecule has 268 valence electrons. The van der Waals surface area contributed by atoms with Crippen LogP contribution in [0, 0.1) is 0 Å². The lowest BCUT2D eigenvalue weighted by molar-refractivity contribution is -0.149. The van der Waals surface area contributed by atoms with Crippen molar-refractivity contribution in [1.29, 1.82) is 0 Å². The summed E-state index contributed by atoms with van der Waals surface area (Å²) < 4.78 is 0. The number of aliphatic hydroxyl groups is 8. The van der Waals surface area contributed by atoms with Crippen LogP contribution in [-0.4, -0.2) is 246 Å². The minimum absolute atomic E-state index is 0.0109. The van der Waals surface area contributed by atoms with Gasteiger partial charge in [0.1, 0.15) is 42.5 Å². The number of hydrogen-bond donors (Lipinski definition) is 11. The normalized spacial score (nSPS) is 21.5. The Kier molecular flexibility index (Phi) is 18.5. The Morgan fingerprint density at radius 3 is 1.20 bits per heavy atom. The molecule has 1 heterocycles. The summed E-state index contributed by atoms with van der Waals surface area (Å²) in [5.41, 5.74) is 0. The van der Waals surface area contributed by atoms with Gasteiger partial charge in [-0.1, -0.05) is 0 Å².